The van der Waals surface area contributed by atoms with Crippen LogP contribution < -0.4 is 10.1 Å². The summed E-state index contributed by atoms with van der Waals surface area (Å²) in [5.74, 6) is 0.871. The van der Waals surface area contributed by atoms with E-state index in [0.717, 1.165) is 18.6 Å². The van der Waals surface area contributed by atoms with Gasteiger partial charge in [-0.3, -0.25) is 0 Å². The van der Waals surface area contributed by atoms with E-state index in [1.807, 2.05) is 19.2 Å². The van der Waals surface area contributed by atoms with E-state index in [4.69, 9.17) is 9.84 Å². The molecule has 84 valence electrons. The average molecular weight is 209 g/mol. The molecule has 1 rings (SSSR count). The minimum atomic E-state index is 0.244. The molecular formula is C12H19NO2. The molecule has 0 amide bonds. The highest BCUT2D eigenvalue weighted by Gasteiger charge is 2.08. The summed E-state index contributed by atoms with van der Waals surface area (Å²) >= 11 is 0. The van der Waals surface area contributed by atoms with E-state index < -0.39 is 0 Å². The molecule has 2 N–H and O–H groups in total. The zero-order valence-electron chi connectivity index (χ0n) is 9.36. The third-order valence-electron chi connectivity index (χ3n) is 2.52. The van der Waals surface area contributed by atoms with Gasteiger partial charge in [0.1, 0.15) is 5.75 Å². The summed E-state index contributed by atoms with van der Waals surface area (Å²) in [6, 6.07) is 8.33. The van der Waals surface area contributed by atoms with Crippen LogP contribution in [0.15, 0.2) is 24.3 Å². The van der Waals surface area contributed by atoms with Crippen molar-refractivity contribution in [3.8, 4) is 5.75 Å². The molecule has 3 heteroatoms. The molecule has 0 aromatic heterocycles. The van der Waals surface area contributed by atoms with Gasteiger partial charge >= 0.3 is 0 Å². The van der Waals surface area contributed by atoms with Crippen LogP contribution in [0.3, 0.4) is 0 Å². The molecule has 0 saturated carbocycles. The highest BCUT2D eigenvalue weighted by Crippen LogP contribution is 2.20. The van der Waals surface area contributed by atoms with Crippen molar-refractivity contribution < 1.29 is 9.84 Å². The van der Waals surface area contributed by atoms with Crippen LogP contribution in [0.4, 0.5) is 0 Å². The van der Waals surface area contributed by atoms with Gasteiger partial charge in [0.25, 0.3) is 0 Å². The summed E-state index contributed by atoms with van der Waals surface area (Å²) < 4.78 is 5.10. The van der Waals surface area contributed by atoms with Crippen LogP contribution in [0.1, 0.15) is 24.4 Å². The highest BCUT2D eigenvalue weighted by atomic mass is 16.5. The third kappa shape index (κ3) is 3.53. The summed E-state index contributed by atoms with van der Waals surface area (Å²) in [4.78, 5) is 0. The SMILES string of the molecule is CNC(CCCO)c1ccc(OC)cc1. The minimum absolute atomic E-state index is 0.244. The topological polar surface area (TPSA) is 41.5 Å². The molecule has 1 aromatic carbocycles. The van der Waals surface area contributed by atoms with Gasteiger partial charge in [0, 0.05) is 12.6 Å². The molecule has 3 nitrogen and oxygen atoms in total. The smallest absolute Gasteiger partial charge is 0.118 e. The monoisotopic (exact) mass is 209 g/mol. The zero-order chi connectivity index (χ0) is 11.1. The van der Waals surface area contributed by atoms with Crippen LogP contribution in [0.2, 0.25) is 0 Å². The standard InChI is InChI=1S/C12H19NO2/c1-13-12(4-3-9-14)10-5-7-11(15-2)8-6-10/h5-8,12-14H,3-4,9H2,1-2H3. The highest BCUT2D eigenvalue weighted by molar-refractivity contribution is 5.29. The Morgan fingerprint density at radius 1 is 1.33 bits per heavy atom. The summed E-state index contributed by atoms with van der Waals surface area (Å²) in [5, 5.41) is 12.0. The lowest BCUT2D eigenvalue weighted by molar-refractivity contribution is 0.276. The first-order chi connectivity index (χ1) is 7.31. The number of rotatable bonds is 6. The molecule has 1 unspecified atom stereocenters. The third-order valence-corrected chi connectivity index (χ3v) is 2.52. The Kier molecular flexibility index (Phi) is 5.15. The molecule has 15 heavy (non-hydrogen) atoms. The number of aliphatic hydroxyl groups is 1. The fraction of sp³-hybridized carbons (Fsp3) is 0.500. The maximum Gasteiger partial charge on any atom is 0.118 e. The van der Waals surface area contributed by atoms with Crippen molar-refractivity contribution in [1.82, 2.24) is 5.32 Å². The number of hydrogen-bond acceptors (Lipinski definition) is 3. The lowest BCUT2D eigenvalue weighted by Gasteiger charge is -2.16. The van der Waals surface area contributed by atoms with Gasteiger partial charge in [-0.1, -0.05) is 12.1 Å². The molecule has 0 radical (unpaired) electrons. The molecule has 1 aromatic rings. The molecule has 1 atom stereocenters. The summed E-state index contributed by atoms with van der Waals surface area (Å²) in [6.07, 6.45) is 1.76. The first kappa shape index (κ1) is 12.0. The predicted octanol–water partition coefficient (Wildman–Crippen LogP) is 1.73. The van der Waals surface area contributed by atoms with Crippen molar-refractivity contribution >= 4 is 0 Å². The van der Waals surface area contributed by atoms with Gasteiger partial charge in [-0.15, -0.1) is 0 Å². The van der Waals surface area contributed by atoms with Gasteiger partial charge in [-0.2, -0.15) is 0 Å². The second-order valence-electron chi connectivity index (χ2n) is 3.48. The molecular weight excluding hydrogens is 190 g/mol. The second kappa shape index (κ2) is 6.43. The Morgan fingerprint density at radius 2 is 2.00 bits per heavy atom. The maximum atomic E-state index is 8.79. The van der Waals surface area contributed by atoms with E-state index in [9.17, 15) is 0 Å². The molecule has 0 aliphatic heterocycles. The van der Waals surface area contributed by atoms with Crippen molar-refractivity contribution in [2.24, 2.45) is 0 Å². The largest absolute Gasteiger partial charge is 0.497 e. The number of ether oxygens (including phenoxy) is 1. The van der Waals surface area contributed by atoms with E-state index >= 15 is 0 Å². The summed E-state index contributed by atoms with van der Waals surface area (Å²) in [7, 11) is 3.60. The van der Waals surface area contributed by atoms with Crippen molar-refractivity contribution in [1.29, 1.82) is 0 Å². The van der Waals surface area contributed by atoms with E-state index in [-0.39, 0.29) is 6.61 Å². The van der Waals surface area contributed by atoms with Gasteiger partial charge in [-0.25, -0.2) is 0 Å². The number of hydrogen-bond donors (Lipinski definition) is 2. The molecule has 0 bridgehead atoms. The quantitative estimate of drug-likeness (QED) is 0.749. The normalized spacial score (nSPS) is 12.5. The van der Waals surface area contributed by atoms with Crippen LogP contribution in [-0.4, -0.2) is 25.9 Å². The second-order valence-corrected chi connectivity index (χ2v) is 3.48. The predicted molar refractivity (Wildman–Crippen MR) is 61.1 cm³/mol. The van der Waals surface area contributed by atoms with Crippen LogP contribution in [0.25, 0.3) is 0 Å². The maximum absolute atomic E-state index is 8.79. The molecule has 0 spiro atoms. The van der Waals surface area contributed by atoms with Crippen molar-refractivity contribution in [3.63, 3.8) is 0 Å². The molecule has 0 heterocycles. The lowest BCUT2D eigenvalue weighted by atomic mass is 10.0. The van der Waals surface area contributed by atoms with Gasteiger partial charge in [0.15, 0.2) is 0 Å². The van der Waals surface area contributed by atoms with Gasteiger partial charge in [-0.05, 0) is 37.6 Å². The van der Waals surface area contributed by atoms with E-state index in [1.165, 1.54) is 5.56 Å². The first-order valence-corrected chi connectivity index (χ1v) is 5.24. The average Bonchev–Trinajstić information content (AvgIpc) is 2.31. The minimum Gasteiger partial charge on any atom is -0.497 e. The summed E-state index contributed by atoms with van der Waals surface area (Å²) in [6.45, 7) is 0.244. The van der Waals surface area contributed by atoms with E-state index in [1.54, 1.807) is 7.11 Å². The number of benzene rings is 1. The number of aliphatic hydroxyl groups excluding tert-OH is 1. The van der Waals surface area contributed by atoms with Crippen molar-refractivity contribution in [3.05, 3.63) is 29.8 Å². The Labute approximate surface area is 91.1 Å². The van der Waals surface area contributed by atoms with Crippen LogP contribution >= 0.6 is 0 Å². The summed E-state index contributed by atoms with van der Waals surface area (Å²) in [5.41, 5.74) is 1.23. The van der Waals surface area contributed by atoms with Crippen LogP contribution in [-0.2, 0) is 0 Å². The van der Waals surface area contributed by atoms with Gasteiger partial charge in [0.05, 0.1) is 7.11 Å². The van der Waals surface area contributed by atoms with Crippen molar-refractivity contribution in [2.45, 2.75) is 18.9 Å². The number of nitrogens with one attached hydrogen (secondary N) is 1. The van der Waals surface area contributed by atoms with Gasteiger partial charge in [0.2, 0.25) is 0 Å². The lowest BCUT2D eigenvalue weighted by Crippen LogP contribution is -2.16. The Hall–Kier alpha value is -1.06. The zero-order valence-corrected chi connectivity index (χ0v) is 9.36. The molecule has 0 aliphatic carbocycles. The molecule has 0 fully saturated rings. The Morgan fingerprint density at radius 3 is 2.47 bits per heavy atom. The fourth-order valence-corrected chi connectivity index (χ4v) is 1.61. The van der Waals surface area contributed by atoms with E-state index in [2.05, 4.69) is 17.4 Å². The number of methoxy groups -OCH3 is 1. The molecule has 0 aliphatic rings. The first-order valence-electron chi connectivity index (χ1n) is 5.24. The van der Waals surface area contributed by atoms with Crippen LogP contribution in [0, 0.1) is 0 Å². The fourth-order valence-electron chi connectivity index (χ4n) is 1.61. The van der Waals surface area contributed by atoms with Gasteiger partial charge < -0.3 is 15.2 Å². The van der Waals surface area contributed by atoms with Crippen LogP contribution in [0.5, 0.6) is 5.75 Å². The Balaban J connectivity index is 2.65. The van der Waals surface area contributed by atoms with E-state index in [0.29, 0.717) is 6.04 Å². The molecule has 0 saturated heterocycles. The van der Waals surface area contributed by atoms with Crippen molar-refractivity contribution in [2.75, 3.05) is 20.8 Å². The Bertz CT molecular complexity index is 271.